The molecule has 0 amide bonds. The van der Waals surface area contributed by atoms with Crippen molar-refractivity contribution in [2.24, 2.45) is 5.92 Å². The second kappa shape index (κ2) is 9.25. The molecule has 1 fully saturated rings. The fourth-order valence-electron chi connectivity index (χ4n) is 3.69. The van der Waals surface area contributed by atoms with Crippen LogP contribution in [-0.2, 0) is 13.0 Å². The fraction of sp³-hybridized carbons (Fsp3) is 0.455. The van der Waals surface area contributed by atoms with Gasteiger partial charge in [-0.25, -0.2) is 0 Å². The van der Waals surface area contributed by atoms with Crippen LogP contribution in [0.4, 0.5) is 0 Å². The lowest BCUT2D eigenvalue weighted by atomic mass is 9.90. The van der Waals surface area contributed by atoms with Gasteiger partial charge in [-0.1, -0.05) is 66.9 Å². The molecule has 128 valence electrons. The van der Waals surface area contributed by atoms with E-state index in [1.165, 1.54) is 62.7 Å². The summed E-state index contributed by atoms with van der Waals surface area (Å²) in [6.07, 6.45) is 8.06. The van der Waals surface area contributed by atoms with E-state index < -0.39 is 0 Å². The molecule has 0 radical (unpaired) electrons. The Morgan fingerprint density at radius 3 is 2.25 bits per heavy atom. The van der Waals surface area contributed by atoms with Crippen LogP contribution >= 0.6 is 11.6 Å². The summed E-state index contributed by atoms with van der Waals surface area (Å²) in [5.41, 5.74) is 2.86. The van der Waals surface area contributed by atoms with E-state index in [9.17, 15) is 0 Å². The maximum absolute atomic E-state index is 5.96. The molecular weight excluding hydrogens is 314 g/mol. The number of rotatable bonds is 7. The Kier molecular flexibility index (Phi) is 6.75. The quantitative estimate of drug-likeness (QED) is 0.561. The highest BCUT2D eigenvalue weighted by atomic mass is 35.5. The molecule has 2 heteroatoms. The number of hydrogen-bond acceptors (Lipinski definition) is 1. The molecule has 1 heterocycles. The lowest BCUT2D eigenvalue weighted by Gasteiger charge is -2.32. The number of unbranched alkanes of at least 4 members (excludes halogenated alkanes) is 1. The monoisotopic (exact) mass is 341 g/mol. The predicted octanol–water partition coefficient (Wildman–Crippen LogP) is 5.97. The third-order valence-corrected chi connectivity index (χ3v) is 5.45. The standard InChI is InChI=1S/C22H28ClN/c23-22-12-10-21(11-13-22)18-24-16-14-20(15-17-24)9-5-4-8-19-6-2-1-3-7-19/h1-3,6-7,10-13,20H,4-5,8-9,14-18H2. The van der Waals surface area contributed by atoms with Crippen LogP contribution in [0, 0.1) is 5.92 Å². The van der Waals surface area contributed by atoms with E-state index >= 15 is 0 Å². The molecule has 0 N–H and O–H groups in total. The molecule has 1 aliphatic rings. The normalized spacial score (nSPS) is 16.4. The fourth-order valence-corrected chi connectivity index (χ4v) is 3.81. The Hall–Kier alpha value is -1.31. The molecule has 2 aromatic rings. The molecule has 1 aliphatic heterocycles. The highest BCUT2D eigenvalue weighted by Crippen LogP contribution is 2.24. The van der Waals surface area contributed by atoms with E-state index in [0.717, 1.165) is 17.5 Å². The average Bonchev–Trinajstić information content (AvgIpc) is 2.63. The predicted molar refractivity (Wildman–Crippen MR) is 103 cm³/mol. The molecule has 0 spiro atoms. The van der Waals surface area contributed by atoms with Gasteiger partial charge in [-0.3, -0.25) is 4.90 Å². The average molecular weight is 342 g/mol. The lowest BCUT2D eigenvalue weighted by molar-refractivity contribution is 0.170. The van der Waals surface area contributed by atoms with Crippen LogP contribution in [0.2, 0.25) is 5.02 Å². The lowest BCUT2D eigenvalue weighted by Crippen LogP contribution is -2.33. The van der Waals surface area contributed by atoms with E-state index in [4.69, 9.17) is 11.6 Å². The number of aryl methyl sites for hydroxylation is 1. The minimum Gasteiger partial charge on any atom is -0.299 e. The van der Waals surface area contributed by atoms with Crippen molar-refractivity contribution in [2.75, 3.05) is 13.1 Å². The maximum atomic E-state index is 5.96. The number of piperidine rings is 1. The number of nitrogens with zero attached hydrogens (tertiary/aromatic N) is 1. The van der Waals surface area contributed by atoms with Crippen LogP contribution < -0.4 is 0 Å². The molecule has 0 saturated carbocycles. The molecule has 0 aliphatic carbocycles. The summed E-state index contributed by atoms with van der Waals surface area (Å²) in [5, 5.41) is 0.827. The van der Waals surface area contributed by atoms with Crippen LogP contribution in [0.25, 0.3) is 0 Å². The summed E-state index contributed by atoms with van der Waals surface area (Å²) in [5.74, 6) is 0.933. The van der Waals surface area contributed by atoms with Crippen molar-refractivity contribution in [1.29, 1.82) is 0 Å². The van der Waals surface area contributed by atoms with E-state index in [-0.39, 0.29) is 0 Å². The Balaban J connectivity index is 1.31. The van der Waals surface area contributed by atoms with Crippen LogP contribution in [0.5, 0.6) is 0 Å². The van der Waals surface area contributed by atoms with Gasteiger partial charge >= 0.3 is 0 Å². The summed E-state index contributed by atoms with van der Waals surface area (Å²) in [6.45, 7) is 3.55. The summed E-state index contributed by atoms with van der Waals surface area (Å²) < 4.78 is 0. The van der Waals surface area contributed by atoms with Gasteiger partial charge in [-0.2, -0.15) is 0 Å². The zero-order chi connectivity index (χ0) is 16.6. The van der Waals surface area contributed by atoms with Crippen LogP contribution in [-0.4, -0.2) is 18.0 Å². The van der Waals surface area contributed by atoms with E-state index in [1.807, 2.05) is 12.1 Å². The third kappa shape index (κ3) is 5.65. The molecule has 2 aromatic carbocycles. The van der Waals surface area contributed by atoms with Crippen LogP contribution in [0.1, 0.15) is 43.2 Å². The Morgan fingerprint density at radius 1 is 0.833 bits per heavy atom. The third-order valence-electron chi connectivity index (χ3n) is 5.20. The number of likely N-dealkylation sites (tertiary alicyclic amines) is 1. The van der Waals surface area contributed by atoms with E-state index in [0.29, 0.717) is 0 Å². The van der Waals surface area contributed by atoms with Gasteiger partial charge in [0.15, 0.2) is 0 Å². The Labute approximate surface area is 151 Å². The van der Waals surface area contributed by atoms with E-state index in [2.05, 4.69) is 47.4 Å². The van der Waals surface area contributed by atoms with Crippen molar-refractivity contribution in [3.63, 3.8) is 0 Å². The van der Waals surface area contributed by atoms with Gasteiger partial charge in [0.1, 0.15) is 0 Å². The number of benzene rings is 2. The molecule has 0 aromatic heterocycles. The molecule has 0 atom stereocenters. The van der Waals surface area contributed by atoms with Gasteiger partial charge < -0.3 is 0 Å². The van der Waals surface area contributed by atoms with Gasteiger partial charge in [0, 0.05) is 11.6 Å². The van der Waals surface area contributed by atoms with Gasteiger partial charge in [0.05, 0.1) is 0 Å². The Bertz CT molecular complexity index is 585. The molecule has 1 nitrogen and oxygen atoms in total. The Morgan fingerprint density at radius 2 is 1.54 bits per heavy atom. The molecule has 0 unspecified atom stereocenters. The van der Waals surface area contributed by atoms with Crippen LogP contribution in [0.15, 0.2) is 54.6 Å². The molecular formula is C22H28ClN. The summed E-state index contributed by atoms with van der Waals surface area (Å²) in [4.78, 5) is 2.59. The minimum atomic E-state index is 0.827. The topological polar surface area (TPSA) is 3.24 Å². The molecule has 24 heavy (non-hydrogen) atoms. The van der Waals surface area contributed by atoms with Crippen molar-refractivity contribution in [3.8, 4) is 0 Å². The van der Waals surface area contributed by atoms with Gasteiger partial charge in [0.2, 0.25) is 0 Å². The van der Waals surface area contributed by atoms with Crippen LogP contribution in [0.3, 0.4) is 0 Å². The first-order valence-corrected chi connectivity index (χ1v) is 9.68. The summed E-state index contributed by atoms with van der Waals surface area (Å²) in [7, 11) is 0. The first-order chi connectivity index (χ1) is 11.8. The highest BCUT2D eigenvalue weighted by Gasteiger charge is 2.18. The SMILES string of the molecule is Clc1ccc(CN2CCC(CCCCc3ccccc3)CC2)cc1. The van der Waals surface area contributed by atoms with Crippen molar-refractivity contribution < 1.29 is 0 Å². The molecule has 1 saturated heterocycles. The van der Waals surface area contributed by atoms with Gasteiger partial charge in [0.25, 0.3) is 0 Å². The second-order valence-corrected chi connectivity index (χ2v) is 7.51. The molecule has 0 bridgehead atoms. The van der Waals surface area contributed by atoms with Crippen molar-refractivity contribution >= 4 is 11.6 Å². The minimum absolute atomic E-state index is 0.827. The summed E-state index contributed by atoms with van der Waals surface area (Å²) >= 11 is 5.96. The number of hydrogen-bond donors (Lipinski definition) is 0. The zero-order valence-corrected chi connectivity index (χ0v) is 15.2. The number of halogens is 1. The second-order valence-electron chi connectivity index (χ2n) is 7.08. The van der Waals surface area contributed by atoms with Gasteiger partial charge in [-0.05, 0) is 68.0 Å². The molecule has 3 rings (SSSR count). The first kappa shape index (κ1) is 17.5. The summed E-state index contributed by atoms with van der Waals surface area (Å²) in [6, 6.07) is 19.2. The largest absolute Gasteiger partial charge is 0.299 e. The smallest absolute Gasteiger partial charge is 0.0406 e. The first-order valence-electron chi connectivity index (χ1n) is 9.30. The van der Waals surface area contributed by atoms with E-state index in [1.54, 1.807) is 0 Å². The van der Waals surface area contributed by atoms with Crippen molar-refractivity contribution in [3.05, 3.63) is 70.7 Å². The zero-order valence-electron chi connectivity index (χ0n) is 14.5. The van der Waals surface area contributed by atoms with Gasteiger partial charge in [-0.15, -0.1) is 0 Å². The van der Waals surface area contributed by atoms with Crippen molar-refractivity contribution in [2.45, 2.75) is 45.1 Å². The highest BCUT2D eigenvalue weighted by molar-refractivity contribution is 6.30. The maximum Gasteiger partial charge on any atom is 0.0406 e. The van der Waals surface area contributed by atoms with Crippen molar-refractivity contribution in [1.82, 2.24) is 4.90 Å².